The van der Waals surface area contributed by atoms with Crippen LogP contribution in [0.4, 0.5) is 4.79 Å². The molecule has 3 N–H and O–H groups in total. The smallest absolute Gasteiger partial charge is 0.326 e. The van der Waals surface area contributed by atoms with Gasteiger partial charge in [0.05, 0.1) is 30.4 Å². The maximum atomic E-state index is 12.6. The third-order valence-corrected chi connectivity index (χ3v) is 4.10. The van der Waals surface area contributed by atoms with Gasteiger partial charge in [-0.3, -0.25) is 0 Å². The predicted molar refractivity (Wildman–Crippen MR) is 71.5 cm³/mol. The summed E-state index contributed by atoms with van der Waals surface area (Å²) in [6, 6.07) is -1.24. The molecule has 0 aromatic carbocycles. The Morgan fingerprint density at radius 1 is 1.43 bits per heavy atom. The summed E-state index contributed by atoms with van der Waals surface area (Å²) in [5.74, 6) is -1.03. The van der Waals surface area contributed by atoms with Crippen molar-refractivity contribution < 1.29 is 19.8 Å². The quantitative estimate of drug-likeness (QED) is 0.664. The van der Waals surface area contributed by atoms with Gasteiger partial charge >= 0.3 is 12.0 Å². The van der Waals surface area contributed by atoms with Crippen LogP contribution >= 0.6 is 0 Å². The van der Waals surface area contributed by atoms with Crippen molar-refractivity contribution in [3.63, 3.8) is 0 Å². The van der Waals surface area contributed by atoms with Gasteiger partial charge in [0.2, 0.25) is 0 Å². The number of nitrogens with one attached hydrogen (secondary N) is 1. The Hall–Kier alpha value is -2.09. The van der Waals surface area contributed by atoms with E-state index in [4.69, 9.17) is 0 Å². The highest BCUT2D eigenvalue weighted by molar-refractivity contribution is 5.83. The molecule has 21 heavy (non-hydrogen) atoms. The van der Waals surface area contributed by atoms with E-state index in [2.05, 4.69) is 9.97 Å². The Bertz CT molecular complexity index is 558. The highest BCUT2D eigenvalue weighted by atomic mass is 16.4. The number of piperidine rings is 1. The molecule has 1 saturated heterocycles. The Balaban J connectivity index is 1.81. The number of aromatic amines is 1. The van der Waals surface area contributed by atoms with Crippen LogP contribution < -0.4 is 0 Å². The maximum Gasteiger partial charge on any atom is 0.326 e. The number of carboxylic acid groups (broad SMARTS) is 1. The molecule has 0 radical (unpaired) electrons. The average Bonchev–Trinajstić information content (AvgIpc) is 2.92. The van der Waals surface area contributed by atoms with E-state index in [0.29, 0.717) is 18.7 Å². The fourth-order valence-corrected chi connectivity index (χ4v) is 2.97. The van der Waals surface area contributed by atoms with Crippen molar-refractivity contribution in [2.75, 3.05) is 13.1 Å². The van der Waals surface area contributed by atoms with Gasteiger partial charge in [-0.1, -0.05) is 0 Å². The van der Waals surface area contributed by atoms with Crippen molar-refractivity contribution in [2.24, 2.45) is 0 Å². The normalized spacial score (nSPS) is 25.6. The summed E-state index contributed by atoms with van der Waals surface area (Å²) in [4.78, 5) is 34.0. The molecule has 2 amide bonds. The van der Waals surface area contributed by atoms with E-state index >= 15 is 0 Å². The van der Waals surface area contributed by atoms with E-state index in [0.717, 1.165) is 12.1 Å². The van der Waals surface area contributed by atoms with E-state index in [-0.39, 0.29) is 25.5 Å². The SMILES string of the molecule is O=C(O)C1Cc2nc[nH]c2CN1C(=O)N1CCCC(O)C1. The first kappa shape index (κ1) is 13.9. The van der Waals surface area contributed by atoms with Crippen LogP contribution in [-0.4, -0.2) is 67.2 Å². The molecule has 3 heterocycles. The van der Waals surface area contributed by atoms with Crippen LogP contribution in [0.2, 0.25) is 0 Å². The number of hydrogen-bond acceptors (Lipinski definition) is 4. The molecule has 2 aliphatic heterocycles. The molecule has 1 aromatic rings. The Kier molecular flexibility index (Phi) is 3.54. The molecule has 2 aliphatic rings. The van der Waals surface area contributed by atoms with E-state index in [1.807, 2.05) is 0 Å². The van der Waals surface area contributed by atoms with E-state index < -0.39 is 18.1 Å². The monoisotopic (exact) mass is 294 g/mol. The number of nitrogens with zero attached hydrogens (tertiary/aromatic N) is 3. The topological polar surface area (TPSA) is 110 Å². The van der Waals surface area contributed by atoms with Crippen LogP contribution in [0.25, 0.3) is 0 Å². The molecule has 0 bridgehead atoms. The largest absolute Gasteiger partial charge is 0.480 e. The average molecular weight is 294 g/mol. The Labute approximate surface area is 121 Å². The van der Waals surface area contributed by atoms with Crippen LogP contribution in [0.1, 0.15) is 24.2 Å². The number of aliphatic carboxylic acids is 1. The molecule has 2 atom stereocenters. The minimum absolute atomic E-state index is 0.205. The Morgan fingerprint density at radius 3 is 2.95 bits per heavy atom. The summed E-state index contributed by atoms with van der Waals surface area (Å²) in [6.45, 7) is 1.02. The number of hydrogen-bond donors (Lipinski definition) is 3. The van der Waals surface area contributed by atoms with Gasteiger partial charge in [-0.25, -0.2) is 14.6 Å². The number of aliphatic hydroxyl groups is 1. The van der Waals surface area contributed by atoms with Crippen molar-refractivity contribution in [1.29, 1.82) is 0 Å². The lowest BCUT2D eigenvalue weighted by molar-refractivity contribution is -0.143. The number of carboxylic acids is 1. The standard InChI is InChI=1S/C13H18N4O4/c18-8-2-1-3-16(5-8)13(21)17-6-10-9(14-7-15-10)4-11(17)12(19)20/h7-8,11,18H,1-6H2,(H,14,15)(H,19,20). The number of β-amino-alcohol motifs (C(OH)–C–C–N with tert-alkyl or cyclic N) is 1. The number of H-pyrrole nitrogens is 1. The second kappa shape index (κ2) is 5.36. The summed E-state index contributed by atoms with van der Waals surface area (Å²) >= 11 is 0. The van der Waals surface area contributed by atoms with Gasteiger partial charge in [0.25, 0.3) is 0 Å². The minimum Gasteiger partial charge on any atom is -0.480 e. The number of carbonyl (C=O) groups is 2. The molecule has 0 spiro atoms. The van der Waals surface area contributed by atoms with Gasteiger partial charge in [0.15, 0.2) is 0 Å². The van der Waals surface area contributed by atoms with E-state index in [9.17, 15) is 19.8 Å². The second-order valence-electron chi connectivity index (χ2n) is 5.54. The minimum atomic E-state index is -1.03. The lowest BCUT2D eigenvalue weighted by Gasteiger charge is -2.38. The zero-order valence-electron chi connectivity index (χ0n) is 11.5. The number of rotatable bonds is 1. The fraction of sp³-hybridized carbons (Fsp3) is 0.615. The van der Waals surface area contributed by atoms with Gasteiger partial charge in [0.1, 0.15) is 6.04 Å². The summed E-state index contributed by atoms with van der Waals surface area (Å²) in [6.07, 6.45) is 2.60. The van der Waals surface area contributed by atoms with Crippen LogP contribution in [-0.2, 0) is 17.8 Å². The summed E-state index contributed by atoms with van der Waals surface area (Å²) in [7, 11) is 0. The molecule has 114 valence electrons. The van der Waals surface area contributed by atoms with E-state index in [1.165, 1.54) is 16.1 Å². The summed E-state index contributed by atoms with van der Waals surface area (Å²) in [5, 5.41) is 19.1. The number of carbonyl (C=O) groups excluding carboxylic acids is 1. The molecule has 8 heteroatoms. The predicted octanol–water partition coefficient (Wildman–Crippen LogP) is -0.202. The van der Waals surface area contributed by atoms with Crippen LogP contribution in [0.3, 0.4) is 0 Å². The molecule has 1 fully saturated rings. The van der Waals surface area contributed by atoms with Gasteiger partial charge in [-0.15, -0.1) is 0 Å². The zero-order valence-corrected chi connectivity index (χ0v) is 11.5. The van der Waals surface area contributed by atoms with Gasteiger partial charge in [-0.05, 0) is 12.8 Å². The number of amides is 2. The number of likely N-dealkylation sites (tertiary alicyclic amines) is 1. The number of urea groups is 1. The first-order chi connectivity index (χ1) is 10.1. The first-order valence-corrected chi connectivity index (χ1v) is 7.04. The molecule has 0 aliphatic carbocycles. The molecular formula is C13H18N4O4. The van der Waals surface area contributed by atoms with Crippen LogP contribution in [0, 0.1) is 0 Å². The molecular weight excluding hydrogens is 276 g/mol. The van der Waals surface area contributed by atoms with E-state index in [1.54, 1.807) is 0 Å². The summed E-state index contributed by atoms with van der Waals surface area (Å²) in [5.41, 5.74) is 1.48. The maximum absolute atomic E-state index is 12.6. The van der Waals surface area contributed by atoms with Crippen molar-refractivity contribution >= 4 is 12.0 Å². The number of aliphatic hydroxyl groups excluding tert-OH is 1. The van der Waals surface area contributed by atoms with Gasteiger partial charge in [-0.2, -0.15) is 0 Å². The van der Waals surface area contributed by atoms with Crippen molar-refractivity contribution in [2.45, 2.75) is 38.0 Å². The number of imidazole rings is 1. The van der Waals surface area contributed by atoms with Crippen molar-refractivity contribution in [3.05, 3.63) is 17.7 Å². The highest BCUT2D eigenvalue weighted by Gasteiger charge is 2.38. The van der Waals surface area contributed by atoms with Crippen molar-refractivity contribution in [1.82, 2.24) is 19.8 Å². The summed E-state index contributed by atoms with van der Waals surface area (Å²) < 4.78 is 0. The molecule has 2 unspecified atom stereocenters. The Morgan fingerprint density at radius 2 is 2.24 bits per heavy atom. The van der Waals surface area contributed by atoms with Crippen LogP contribution in [0.5, 0.6) is 0 Å². The third-order valence-electron chi connectivity index (χ3n) is 4.10. The molecule has 8 nitrogen and oxygen atoms in total. The highest BCUT2D eigenvalue weighted by Crippen LogP contribution is 2.23. The zero-order chi connectivity index (χ0) is 15.0. The lowest BCUT2D eigenvalue weighted by Crippen LogP contribution is -2.55. The second-order valence-corrected chi connectivity index (χ2v) is 5.54. The van der Waals surface area contributed by atoms with Gasteiger partial charge < -0.3 is 25.0 Å². The fourth-order valence-electron chi connectivity index (χ4n) is 2.97. The van der Waals surface area contributed by atoms with Crippen molar-refractivity contribution in [3.8, 4) is 0 Å². The third kappa shape index (κ3) is 2.58. The number of fused-ring (bicyclic) bond motifs is 1. The molecule has 1 aromatic heterocycles. The first-order valence-electron chi connectivity index (χ1n) is 7.04. The molecule has 3 rings (SSSR count). The lowest BCUT2D eigenvalue weighted by atomic mass is 10.0. The molecule has 0 saturated carbocycles. The van der Waals surface area contributed by atoms with Gasteiger partial charge in [0, 0.05) is 19.5 Å². The van der Waals surface area contributed by atoms with Crippen LogP contribution in [0.15, 0.2) is 6.33 Å². The number of aromatic nitrogens is 2.